The number of hydrogen-bond donors (Lipinski definition) is 2. The summed E-state index contributed by atoms with van der Waals surface area (Å²) in [5, 5.41) is 10.5. The van der Waals surface area contributed by atoms with Crippen LogP contribution in [0.1, 0.15) is 45.0 Å². The number of hydrogen-bond acceptors (Lipinski definition) is 5. The predicted molar refractivity (Wildman–Crippen MR) is 101 cm³/mol. The SMILES string of the molecule is CC(C)n1c(C23CC(O)(C2)C3)nc2c(F)cc(-c3nc(N)ncc3Cl)cc21. The zero-order valence-electron chi connectivity index (χ0n) is 15.0. The first-order chi connectivity index (χ1) is 12.7. The molecule has 140 valence electrons. The van der Waals surface area contributed by atoms with Gasteiger partial charge in [0.15, 0.2) is 5.82 Å². The van der Waals surface area contributed by atoms with Crippen molar-refractivity contribution in [2.24, 2.45) is 0 Å². The summed E-state index contributed by atoms with van der Waals surface area (Å²) in [5.74, 6) is 0.504. The molecule has 27 heavy (non-hydrogen) atoms. The number of nitrogens with two attached hydrogens (primary N) is 1. The minimum Gasteiger partial charge on any atom is -0.390 e. The largest absolute Gasteiger partial charge is 0.390 e. The van der Waals surface area contributed by atoms with E-state index < -0.39 is 11.4 Å². The summed E-state index contributed by atoms with van der Waals surface area (Å²) in [6.07, 6.45) is 3.49. The van der Waals surface area contributed by atoms with Gasteiger partial charge in [-0.05, 0) is 45.2 Å². The number of anilines is 1. The zero-order valence-corrected chi connectivity index (χ0v) is 15.8. The first-order valence-corrected chi connectivity index (χ1v) is 9.32. The third-order valence-electron chi connectivity index (χ3n) is 5.78. The minimum atomic E-state index is -0.546. The molecule has 0 saturated heterocycles. The molecular formula is C19H19ClFN5O. The lowest BCUT2D eigenvalue weighted by Crippen LogP contribution is -2.70. The van der Waals surface area contributed by atoms with Crippen molar-refractivity contribution in [3.63, 3.8) is 0 Å². The summed E-state index contributed by atoms with van der Waals surface area (Å²) < 4.78 is 17.0. The van der Waals surface area contributed by atoms with Crippen LogP contribution in [-0.2, 0) is 5.41 Å². The van der Waals surface area contributed by atoms with Gasteiger partial charge in [0, 0.05) is 17.0 Å². The molecule has 3 aliphatic carbocycles. The highest BCUT2D eigenvalue weighted by atomic mass is 35.5. The Morgan fingerprint density at radius 2 is 1.96 bits per heavy atom. The number of halogens is 2. The molecule has 0 spiro atoms. The van der Waals surface area contributed by atoms with Gasteiger partial charge >= 0.3 is 0 Å². The van der Waals surface area contributed by atoms with Crippen molar-refractivity contribution in [2.75, 3.05) is 5.73 Å². The van der Waals surface area contributed by atoms with Gasteiger partial charge in [-0.15, -0.1) is 0 Å². The molecule has 3 saturated carbocycles. The number of benzene rings is 1. The first-order valence-electron chi connectivity index (χ1n) is 8.94. The average Bonchev–Trinajstić information content (AvgIpc) is 2.93. The van der Waals surface area contributed by atoms with Crippen molar-refractivity contribution in [3.8, 4) is 11.3 Å². The minimum absolute atomic E-state index is 0.0788. The Hall–Kier alpha value is -2.25. The summed E-state index contributed by atoms with van der Waals surface area (Å²) in [7, 11) is 0. The number of nitrogens with zero attached hydrogens (tertiary/aromatic N) is 4. The predicted octanol–water partition coefficient (Wildman–Crippen LogP) is 3.62. The van der Waals surface area contributed by atoms with Crippen LogP contribution in [0.4, 0.5) is 10.3 Å². The van der Waals surface area contributed by atoms with Crippen molar-refractivity contribution in [3.05, 3.63) is 35.0 Å². The fraction of sp³-hybridized carbons (Fsp3) is 0.421. The first kappa shape index (κ1) is 16.9. The van der Waals surface area contributed by atoms with Crippen LogP contribution in [0.25, 0.3) is 22.3 Å². The van der Waals surface area contributed by atoms with Crippen molar-refractivity contribution in [2.45, 2.75) is 50.2 Å². The van der Waals surface area contributed by atoms with E-state index in [0.717, 1.165) is 5.82 Å². The van der Waals surface area contributed by atoms with Crippen molar-refractivity contribution < 1.29 is 9.50 Å². The Kier molecular flexibility index (Phi) is 3.24. The van der Waals surface area contributed by atoms with Crippen LogP contribution >= 0.6 is 11.6 Å². The molecule has 0 amide bonds. The van der Waals surface area contributed by atoms with E-state index in [9.17, 15) is 9.50 Å². The molecular weight excluding hydrogens is 369 g/mol. The maximum absolute atomic E-state index is 15.0. The van der Waals surface area contributed by atoms with E-state index in [1.54, 1.807) is 0 Å². The van der Waals surface area contributed by atoms with Gasteiger partial charge in [-0.3, -0.25) is 0 Å². The number of aliphatic hydroxyl groups is 1. The average molecular weight is 388 g/mol. The molecule has 0 atom stereocenters. The van der Waals surface area contributed by atoms with E-state index >= 15 is 0 Å². The van der Waals surface area contributed by atoms with Crippen molar-refractivity contribution in [1.29, 1.82) is 0 Å². The van der Waals surface area contributed by atoms with Crippen LogP contribution in [0.2, 0.25) is 5.02 Å². The lowest BCUT2D eigenvalue weighted by atomic mass is 9.41. The van der Waals surface area contributed by atoms with Crippen LogP contribution < -0.4 is 5.73 Å². The maximum atomic E-state index is 15.0. The molecule has 3 fully saturated rings. The van der Waals surface area contributed by atoms with Gasteiger partial charge in [-0.1, -0.05) is 11.6 Å². The zero-order chi connectivity index (χ0) is 19.1. The fourth-order valence-electron chi connectivity index (χ4n) is 4.74. The Bertz CT molecular complexity index is 1090. The van der Waals surface area contributed by atoms with Gasteiger partial charge in [0.25, 0.3) is 0 Å². The van der Waals surface area contributed by atoms with E-state index in [4.69, 9.17) is 17.3 Å². The number of imidazole rings is 1. The lowest BCUT2D eigenvalue weighted by Gasteiger charge is -2.67. The van der Waals surface area contributed by atoms with Crippen LogP contribution in [0.5, 0.6) is 0 Å². The van der Waals surface area contributed by atoms with Crippen molar-refractivity contribution >= 4 is 28.6 Å². The van der Waals surface area contributed by atoms with E-state index in [-0.39, 0.29) is 17.4 Å². The molecule has 0 unspecified atom stereocenters. The third-order valence-corrected chi connectivity index (χ3v) is 6.05. The van der Waals surface area contributed by atoms with Gasteiger partial charge in [0.1, 0.15) is 11.3 Å². The number of fused-ring (bicyclic) bond motifs is 1. The van der Waals surface area contributed by atoms with Crippen LogP contribution in [0.15, 0.2) is 18.3 Å². The second kappa shape index (κ2) is 5.17. The molecule has 1 aromatic carbocycles. The van der Waals surface area contributed by atoms with E-state index in [1.807, 2.05) is 19.9 Å². The Balaban J connectivity index is 1.74. The maximum Gasteiger partial charge on any atom is 0.220 e. The smallest absolute Gasteiger partial charge is 0.220 e. The van der Waals surface area contributed by atoms with Gasteiger partial charge in [0.2, 0.25) is 5.95 Å². The molecule has 6 rings (SSSR count). The molecule has 3 aromatic rings. The van der Waals surface area contributed by atoms with E-state index in [0.29, 0.717) is 46.6 Å². The molecule has 2 heterocycles. The van der Waals surface area contributed by atoms with Crippen molar-refractivity contribution in [1.82, 2.24) is 19.5 Å². The second-order valence-electron chi connectivity index (χ2n) is 8.18. The van der Waals surface area contributed by atoms with Crippen LogP contribution in [-0.4, -0.2) is 30.2 Å². The molecule has 6 nitrogen and oxygen atoms in total. The molecule has 0 radical (unpaired) electrons. The highest BCUT2D eigenvalue weighted by molar-refractivity contribution is 6.33. The van der Waals surface area contributed by atoms with Crippen LogP contribution in [0.3, 0.4) is 0 Å². The molecule has 0 aliphatic heterocycles. The fourth-order valence-corrected chi connectivity index (χ4v) is 4.94. The normalized spacial score (nSPS) is 26.3. The molecule has 2 aromatic heterocycles. The quantitative estimate of drug-likeness (QED) is 0.716. The monoisotopic (exact) mass is 387 g/mol. The van der Waals surface area contributed by atoms with Gasteiger partial charge in [-0.2, -0.15) is 0 Å². The summed E-state index contributed by atoms with van der Waals surface area (Å²) in [4.78, 5) is 12.7. The topological polar surface area (TPSA) is 89.8 Å². The summed E-state index contributed by atoms with van der Waals surface area (Å²) in [6, 6.07) is 3.32. The number of rotatable bonds is 3. The number of aromatic nitrogens is 4. The standard InChI is InChI=1S/C19H19ClFN5O/c1-9(2)26-13-4-10(14-11(20)5-23-17(22)25-14)3-12(21)15(13)24-16(26)18-6-19(27,7-18)8-18/h3-5,9,27H,6-8H2,1-2H3,(H2,22,23,25). The van der Waals surface area contributed by atoms with E-state index in [2.05, 4.69) is 19.5 Å². The Morgan fingerprint density at radius 3 is 2.59 bits per heavy atom. The van der Waals surface area contributed by atoms with E-state index in [1.165, 1.54) is 12.3 Å². The highest BCUT2D eigenvalue weighted by Crippen LogP contribution is 2.67. The highest BCUT2D eigenvalue weighted by Gasteiger charge is 2.70. The van der Waals surface area contributed by atoms with Gasteiger partial charge in [0.05, 0.1) is 28.0 Å². The molecule has 8 heteroatoms. The second-order valence-corrected chi connectivity index (χ2v) is 8.59. The summed E-state index contributed by atoms with van der Waals surface area (Å²) in [5.41, 5.74) is 6.95. The van der Waals surface area contributed by atoms with Gasteiger partial charge < -0.3 is 15.4 Å². The Labute approximate surface area is 160 Å². The summed E-state index contributed by atoms with van der Waals surface area (Å²) in [6.45, 7) is 4.09. The summed E-state index contributed by atoms with van der Waals surface area (Å²) >= 11 is 6.21. The van der Waals surface area contributed by atoms with Gasteiger partial charge in [-0.25, -0.2) is 19.3 Å². The van der Waals surface area contributed by atoms with Crippen LogP contribution in [0, 0.1) is 5.82 Å². The molecule has 2 bridgehead atoms. The Morgan fingerprint density at radius 1 is 1.26 bits per heavy atom. The lowest BCUT2D eigenvalue weighted by molar-refractivity contribution is -0.217. The molecule has 3 N–H and O–H groups in total. The third kappa shape index (κ3) is 2.24. The molecule has 3 aliphatic rings. The number of nitrogen functional groups attached to an aromatic ring is 1.